The third-order valence-electron chi connectivity index (χ3n) is 7.00. The number of carbonyl (C=O) groups is 2. The minimum absolute atomic E-state index is 0.0237. The molecule has 1 amide bonds. The highest BCUT2D eigenvalue weighted by molar-refractivity contribution is 6.46. The Morgan fingerprint density at radius 1 is 0.800 bits per heavy atom. The Kier molecular flexibility index (Phi) is 6.93. The van der Waals surface area contributed by atoms with Crippen LogP contribution >= 0.6 is 0 Å². The average Bonchev–Trinajstić information content (AvgIpc) is 3.25. The fourth-order valence-corrected chi connectivity index (χ4v) is 5.00. The molecular formula is C33H27NO6. The Bertz CT molecular complexity index is 1560. The number of rotatable bonds is 7. The molecule has 1 saturated heterocycles. The van der Waals surface area contributed by atoms with Gasteiger partial charge in [0.05, 0.1) is 11.6 Å². The molecule has 7 heteroatoms. The number of ketones is 1. The predicted molar refractivity (Wildman–Crippen MR) is 149 cm³/mol. The van der Waals surface area contributed by atoms with Crippen molar-refractivity contribution in [1.29, 1.82) is 0 Å². The Labute approximate surface area is 231 Å². The predicted octanol–water partition coefficient (Wildman–Crippen LogP) is 5.66. The highest BCUT2D eigenvalue weighted by Crippen LogP contribution is 2.42. The molecule has 0 unspecified atom stereocenters. The van der Waals surface area contributed by atoms with E-state index in [1.165, 1.54) is 4.90 Å². The Morgan fingerprint density at radius 2 is 1.45 bits per heavy atom. The zero-order valence-electron chi connectivity index (χ0n) is 21.7. The van der Waals surface area contributed by atoms with E-state index in [0.717, 1.165) is 11.1 Å². The van der Waals surface area contributed by atoms with Crippen molar-refractivity contribution < 1.29 is 28.9 Å². The third kappa shape index (κ3) is 5.01. The third-order valence-corrected chi connectivity index (χ3v) is 7.00. The number of benzene rings is 4. The molecule has 2 aliphatic rings. The number of Topliss-reactive ketones (excluding diaryl/α,β-unsaturated/α-hetero) is 1. The van der Waals surface area contributed by atoms with E-state index in [-0.39, 0.29) is 17.9 Å². The molecule has 0 radical (unpaired) electrons. The molecule has 1 fully saturated rings. The first kappa shape index (κ1) is 25.2. The molecule has 0 aliphatic carbocycles. The molecule has 40 heavy (non-hydrogen) atoms. The average molecular weight is 534 g/mol. The van der Waals surface area contributed by atoms with Crippen LogP contribution in [0.25, 0.3) is 5.76 Å². The quantitative estimate of drug-likeness (QED) is 0.188. The first-order valence-corrected chi connectivity index (χ1v) is 13.1. The number of fused-ring (bicyclic) bond motifs is 1. The van der Waals surface area contributed by atoms with Crippen LogP contribution in [0.3, 0.4) is 0 Å². The van der Waals surface area contributed by atoms with Crippen LogP contribution in [-0.2, 0) is 22.7 Å². The summed E-state index contributed by atoms with van der Waals surface area (Å²) in [6.45, 7) is 1.45. The zero-order valence-corrected chi connectivity index (χ0v) is 21.7. The molecule has 2 aliphatic heterocycles. The number of aliphatic hydroxyl groups is 1. The Morgan fingerprint density at radius 3 is 2.15 bits per heavy atom. The van der Waals surface area contributed by atoms with Crippen molar-refractivity contribution in [3.8, 4) is 17.2 Å². The lowest BCUT2D eigenvalue weighted by Crippen LogP contribution is -2.29. The SMILES string of the molecule is O=C1C(=O)N(Cc2ccccc2)[C@H](c2ccc(OCc3ccccc3)cc2)/C1=C(\O)c1ccc2c(c1)OCCO2. The van der Waals surface area contributed by atoms with Crippen molar-refractivity contribution in [3.05, 3.63) is 131 Å². The zero-order chi connectivity index (χ0) is 27.5. The molecule has 0 spiro atoms. The van der Waals surface area contributed by atoms with E-state index >= 15 is 0 Å². The van der Waals surface area contributed by atoms with Gasteiger partial charge >= 0.3 is 0 Å². The van der Waals surface area contributed by atoms with Crippen molar-refractivity contribution in [2.75, 3.05) is 13.2 Å². The molecule has 6 rings (SSSR count). The molecule has 1 N–H and O–H groups in total. The lowest BCUT2D eigenvalue weighted by molar-refractivity contribution is -0.140. The fraction of sp³-hybridized carbons (Fsp3) is 0.152. The molecule has 7 nitrogen and oxygen atoms in total. The molecule has 4 aromatic carbocycles. The van der Waals surface area contributed by atoms with Crippen LogP contribution in [0.4, 0.5) is 0 Å². The summed E-state index contributed by atoms with van der Waals surface area (Å²) >= 11 is 0. The van der Waals surface area contributed by atoms with Gasteiger partial charge in [-0.3, -0.25) is 9.59 Å². The Hall–Kier alpha value is -5.04. The summed E-state index contributed by atoms with van der Waals surface area (Å²) in [5.74, 6) is 0.0232. The van der Waals surface area contributed by atoms with Crippen LogP contribution < -0.4 is 14.2 Å². The van der Waals surface area contributed by atoms with Crippen LogP contribution in [0.5, 0.6) is 17.2 Å². The van der Waals surface area contributed by atoms with Crippen LogP contribution in [0, 0.1) is 0 Å². The van der Waals surface area contributed by atoms with E-state index < -0.39 is 17.7 Å². The number of aliphatic hydroxyl groups excluding tert-OH is 1. The lowest BCUT2D eigenvalue weighted by atomic mass is 9.95. The Balaban J connectivity index is 1.37. The van der Waals surface area contributed by atoms with Gasteiger partial charge in [0, 0.05) is 12.1 Å². The van der Waals surface area contributed by atoms with Gasteiger partial charge in [0.25, 0.3) is 11.7 Å². The van der Waals surface area contributed by atoms with Gasteiger partial charge in [0.2, 0.25) is 0 Å². The number of ether oxygens (including phenoxy) is 3. The van der Waals surface area contributed by atoms with Gasteiger partial charge in [0.1, 0.15) is 31.3 Å². The number of hydrogen-bond acceptors (Lipinski definition) is 6. The summed E-state index contributed by atoms with van der Waals surface area (Å²) in [5, 5.41) is 11.4. The van der Waals surface area contributed by atoms with Gasteiger partial charge in [-0.1, -0.05) is 72.8 Å². The van der Waals surface area contributed by atoms with Gasteiger partial charge in [0.15, 0.2) is 11.5 Å². The molecule has 0 saturated carbocycles. The van der Waals surface area contributed by atoms with Crippen LogP contribution in [0.15, 0.2) is 109 Å². The second-order valence-corrected chi connectivity index (χ2v) is 9.61. The molecule has 4 aromatic rings. The van der Waals surface area contributed by atoms with Crippen molar-refractivity contribution in [3.63, 3.8) is 0 Å². The van der Waals surface area contributed by atoms with Crippen molar-refractivity contribution in [1.82, 2.24) is 4.90 Å². The maximum atomic E-state index is 13.4. The van der Waals surface area contributed by atoms with E-state index in [0.29, 0.717) is 48.2 Å². The van der Waals surface area contributed by atoms with E-state index in [1.807, 2.05) is 84.9 Å². The maximum Gasteiger partial charge on any atom is 0.295 e. The standard InChI is InChI=1S/C33H27NO6/c35-31(25-13-16-27-28(19-25)39-18-17-38-27)29-30(34(33(37)32(29)36)20-22-7-3-1-4-8-22)24-11-14-26(15-12-24)40-21-23-9-5-2-6-10-23/h1-16,19,30,35H,17-18,20-21H2/b31-29+/t30-/m1/s1. The normalized spacial score (nSPS) is 17.6. The highest BCUT2D eigenvalue weighted by atomic mass is 16.6. The van der Waals surface area contributed by atoms with Crippen LogP contribution in [-0.4, -0.2) is 34.9 Å². The first-order valence-electron chi connectivity index (χ1n) is 13.1. The number of amides is 1. The second kappa shape index (κ2) is 11.0. The van der Waals surface area contributed by atoms with Gasteiger partial charge in [-0.2, -0.15) is 0 Å². The van der Waals surface area contributed by atoms with Gasteiger partial charge in [-0.15, -0.1) is 0 Å². The first-order chi connectivity index (χ1) is 19.6. The molecule has 0 bridgehead atoms. The lowest BCUT2D eigenvalue weighted by Gasteiger charge is -2.26. The minimum Gasteiger partial charge on any atom is -0.507 e. The second-order valence-electron chi connectivity index (χ2n) is 9.61. The molecular weight excluding hydrogens is 506 g/mol. The van der Waals surface area contributed by atoms with Crippen LogP contribution in [0.2, 0.25) is 0 Å². The summed E-state index contributed by atoms with van der Waals surface area (Å²) in [4.78, 5) is 28.3. The molecule has 1 atom stereocenters. The smallest absolute Gasteiger partial charge is 0.295 e. The summed E-state index contributed by atoms with van der Waals surface area (Å²) in [6, 6.07) is 30.8. The topological polar surface area (TPSA) is 85.3 Å². The van der Waals surface area contributed by atoms with Crippen molar-refractivity contribution in [2.24, 2.45) is 0 Å². The highest BCUT2D eigenvalue weighted by Gasteiger charge is 2.46. The fourth-order valence-electron chi connectivity index (χ4n) is 5.00. The van der Waals surface area contributed by atoms with E-state index in [2.05, 4.69) is 0 Å². The number of likely N-dealkylation sites (tertiary alicyclic amines) is 1. The summed E-state index contributed by atoms with van der Waals surface area (Å²) in [5.41, 5.74) is 2.99. The van der Waals surface area contributed by atoms with Crippen LogP contribution in [0.1, 0.15) is 28.3 Å². The summed E-state index contributed by atoms with van der Waals surface area (Å²) in [7, 11) is 0. The van der Waals surface area contributed by atoms with Gasteiger partial charge in [-0.05, 0) is 47.0 Å². The minimum atomic E-state index is -0.795. The largest absolute Gasteiger partial charge is 0.507 e. The molecule has 0 aromatic heterocycles. The summed E-state index contributed by atoms with van der Waals surface area (Å²) < 4.78 is 17.2. The van der Waals surface area contributed by atoms with E-state index in [4.69, 9.17) is 14.2 Å². The number of carbonyl (C=O) groups excluding carboxylic acids is 2. The summed E-state index contributed by atoms with van der Waals surface area (Å²) in [6.07, 6.45) is 0. The van der Waals surface area contributed by atoms with Gasteiger partial charge < -0.3 is 24.2 Å². The van der Waals surface area contributed by atoms with Crippen molar-refractivity contribution in [2.45, 2.75) is 19.2 Å². The number of hydrogen-bond donors (Lipinski definition) is 1. The van der Waals surface area contributed by atoms with E-state index in [9.17, 15) is 14.7 Å². The number of nitrogens with zero attached hydrogens (tertiary/aromatic N) is 1. The molecule has 2 heterocycles. The van der Waals surface area contributed by atoms with Gasteiger partial charge in [-0.25, -0.2) is 0 Å². The maximum absolute atomic E-state index is 13.4. The van der Waals surface area contributed by atoms with Crippen molar-refractivity contribution >= 4 is 17.4 Å². The molecule has 200 valence electrons. The van der Waals surface area contributed by atoms with E-state index in [1.54, 1.807) is 18.2 Å². The monoisotopic (exact) mass is 533 g/mol.